The zero-order valence-corrected chi connectivity index (χ0v) is 14.1. The molecule has 0 aliphatic carbocycles. The second-order valence-corrected chi connectivity index (χ2v) is 6.87. The predicted octanol–water partition coefficient (Wildman–Crippen LogP) is 0.894. The van der Waals surface area contributed by atoms with E-state index in [1.165, 1.54) is 38.7 Å². The molecule has 0 aromatic rings. The summed E-state index contributed by atoms with van der Waals surface area (Å²) in [4.78, 5) is 15.2. The van der Waals surface area contributed by atoms with Crippen LogP contribution in [0.25, 0.3) is 0 Å². The maximum absolute atomic E-state index is 10.9. The van der Waals surface area contributed by atoms with E-state index in [4.69, 9.17) is 5.11 Å². The zero-order valence-electron chi connectivity index (χ0n) is 8.20. The number of carbonyl (C=O) groups is 1. The quantitative estimate of drug-likeness (QED) is 0.432. The van der Waals surface area contributed by atoms with Gasteiger partial charge in [-0.1, -0.05) is 0 Å². The molecule has 5 heteroatoms. The van der Waals surface area contributed by atoms with E-state index in [9.17, 15) is 4.79 Å². The van der Waals surface area contributed by atoms with Crippen LogP contribution in [0.4, 0.5) is 0 Å². The third-order valence-electron chi connectivity index (χ3n) is 1.38. The van der Waals surface area contributed by atoms with E-state index in [1.807, 2.05) is 13.8 Å². The minimum absolute atomic E-state index is 0.290. The summed E-state index contributed by atoms with van der Waals surface area (Å²) < 4.78 is 1.95. The Hall–Kier alpha value is -0.00338. The van der Waals surface area contributed by atoms with Crippen molar-refractivity contribution in [3.63, 3.8) is 0 Å². The van der Waals surface area contributed by atoms with Gasteiger partial charge in [-0.15, -0.1) is 0 Å². The predicted molar refractivity (Wildman–Crippen MR) is 50.2 cm³/mol. The molecule has 0 saturated carbocycles. The summed E-state index contributed by atoms with van der Waals surface area (Å²) in [7, 11) is 0. The van der Waals surface area contributed by atoms with Gasteiger partial charge >= 0.3 is 106 Å². The molecule has 0 spiro atoms. The van der Waals surface area contributed by atoms with Crippen LogP contribution in [0.3, 0.4) is 0 Å². The third kappa shape index (κ3) is 4.48. The normalized spacial score (nSPS) is 12.5. The number of hydrogen-bond acceptors (Lipinski definition) is 2. The first-order valence-corrected chi connectivity index (χ1v) is 6.83. The molecule has 0 aliphatic heterocycles. The fraction of sp³-hybridized carbons (Fsp3) is 0.333. The molecule has 0 unspecified atom stereocenters. The third-order valence-corrected chi connectivity index (χ3v) is 2.40. The molecule has 0 rings (SSSR count). The molecule has 3 nitrogen and oxygen atoms in total. The van der Waals surface area contributed by atoms with Gasteiger partial charge in [0.25, 0.3) is 0 Å². The van der Waals surface area contributed by atoms with E-state index in [0.29, 0.717) is 5.71 Å². The Labute approximate surface area is 105 Å². The number of aliphatic imine (C=N–C) groups is 1. The fourth-order valence-electron chi connectivity index (χ4n) is 0.848. The Morgan fingerprint density at radius 3 is 2.07 bits per heavy atom. The Morgan fingerprint density at radius 2 is 1.86 bits per heavy atom. The average molecular weight is 533 g/mol. The van der Waals surface area contributed by atoms with Gasteiger partial charge in [-0.2, -0.15) is 0 Å². The molecule has 0 aromatic heterocycles. The fourth-order valence-corrected chi connectivity index (χ4v) is 1.73. The zero-order chi connectivity index (χ0) is 11.3. The Morgan fingerprint density at radius 1 is 1.36 bits per heavy atom. The first-order chi connectivity index (χ1) is 6.40. The summed E-state index contributed by atoms with van der Waals surface area (Å²) in [5.41, 5.74) is 0.903. The van der Waals surface area contributed by atoms with Crippen LogP contribution >= 0.6 is 0 Å². The molecular weight excluding hydrogens is 522 g/mol. The molecule has 0 radical (unpaired) electrons. The van der Waals surface area contributed by atoms with Crippen LogP contribution < -0.4 is 0 Å². The minimum atomic E-state index is -0.914. The molecular formula is C9H11NO2W2. The maximum atomic E-state index is 10.9. The first-order valence-electron chi connectivity index (χ1n) is 3.90. The summed E-state index contributed by atoms with van der Waals surface area (Å²) in [6.07, 6.45) is 1.59. The molecule has 0 aromatic carbocycles. The van der Waals surface area contributed by atoms with E-state index in [1.54, 1.807) is 13.0 Å². The Bertz CT molecular complexity index is 343. The van der Waals surface area contributed by atoms with E-state index in [-0.39, 0.29) is 5.57 Å². The molecule has 0 saturated heterocycles. The van der Waals surface area contributed by atoms with Gasteiger partial charge in [-0.05, 0) is 0 Å². The van der Waals surface area contributed by atoms with Gasteiger partial charge in [0.2, 0.25) is 0 Å². The van der Waals surface area contributed by atoms with Crippen LogP contribution in [-0.2, 0) is 43.5 Å². The average Bonchev–Trinajstić information content (AvgIpc) is 2.02. The number of hydrogen-bond donors (Lipinski definition) is 1. The van der Waals surface area contributed by atoms with Crippen molar-refractivity contribution in [2.24, 2.45) is 4.99 Å². The van der Waals surface area contributed by atoms with Gasteiger partial charge in [-0.3, -0.25) is 0 Å². The summed E-state index contributed by atoms with van der Waals surface area (Å²) in [6, 6.07) is 0. The second-order valence-electron chi connectivity index (χ2n) is 2.54. The molecule has 0 amide bonds. The van der Waals surface area contributed by atoms with Crippen molar-refractivity contribution < 1.29 is 48.6 Å². The summed E-state index contributed by atoms with van der Waals surface area (Å²) >= 11 is 2.50. The van der Waals surface area contributed by atoms with Crippen LogP contribution in [-0.4, -0.2) is 24.7 Å². The molecule has 76 valence electrons. The van der Waals surface area contributed by atoms with E-state index in [2.05, 4.69) is 4.99 Å². The number of carboxylic acid groups (broad SMARTS) is 1. The van der Waals surface area contributed by atoms with Crippen molar-refractivity contribution in [2.75, 3.05) is 0 Å². The van der Waals surface area contributed by atoms with Gasteiger partial charge in [0.15, 0.2) is 0 Å². The van der Waals surface area contributed by atoms with Crippen molar-refractivity contribution in [3.8, 4) is 0 Å². The summed E-state index contributed by atoms with van der Waals surface area (Å²) in [6.45, 7) is 5.51. The summed E-state index contributed by atoms with van der Waals surface area (Å²) in [5, 5.41) is 8.95. The molecule has 0 atom stereocenters. The van der Waals surface area contributed by atoms with Crippen LogP contribution in [0.15, 0.2) is 16.6 Å². The van der Waals surface area contributed by atoms with Crippen LogP contribution in [0.1, 0.15) is 20.8 Å². The van der Waals surface area contributed by atoms with Gasteiger partial charge in [-0.25, -0.2) is 0 Å². The van der Waals surface area contributed by atoms with Crippen molar-refractivity contribution >= 4 is 19.6 Å². The SMILES string of the molecule is CC=C(C(=O)O)C(=N[C](C)=[W])[C](C)=[W]. The van der Waals surface area contributed by atoms with Crippen LogP contribution in [0, 0.1) is 0 Å². The van der Waals surface area contributed by atoms with Gasteiger partial charge in [0, 0.05) is 0 Å². The van der Waals surface area contributed by atoms with E-state index >= 15 is 0 Å². The number of allylic oxidation sites excluding steroid dienone is 1. The van der Waals surface area contributed by atoms with E-state index in [0.717, 1.165) is 7.92 Å². The van der Waals surface area contributed by atoms with Gasteiger partial charge in [0.1, 0.15) is 0 Å². The Kier molecular flexibility index (Phi) is 6.47. The molecule has 14 heavy (non-hydrogen) atoms. The molecule has 1 N–H and O–H groups in total. The second kappa shape index (κ2) is 6.47. The van der Waals surface area contributed by atoms with E-state index < -0.39 is 5.97 Å². The molecule has 0 heterocycles. The van der Waals surface area contributed by atoms with Crippen molar-refractivity contribution in [3.05, 3.63) is 11.6 Å². The topological polar surface area (TPSA) is 49.7 Å². The first kappa shape index (κ1) is 14.0. The van der Waals surface area contributed by atoms with Crippen molar-refractivity contribution in [1.82, 2.24) is 0 Å². The number of carboxylic acids is 1. The standard InChI is InChI=1S/C9H11NO2.2W/c1-4-7(9(11)12)8(5-2)10-6-3;;/h4H,1-3H3,(H,11,12);;. The van der Waals surface area contributed by atoms with Gasteiger partial charge in [0.05, 0.1) is 0 Å². The van der Waals surface area contributed by atoms with Crippen molar-refractivity contribution in [2.45, 2.75) is 20.8 Å². The van der Waals surface area contributed by atoms with Crippen LogP contribution in [0.2, 0.25) is 0 Å². The molecule has 0 aliphatic rings. The molecule has 0 bridgehead atoms. The van der Waals surface area contributed by atoms with Gasteiger partial charge < -0.3 is 0 Å². The van der Waals surface area contributed by atoms with Crippen LogP contribution in [0.5, 0.6) is 0 Å². The number of rotatable bonds is 4. The monoisotopic (exact) mass is 533 g/mol. The van der Waals surface area contributed by atoms with Crippen molar-refractivity contribution in [1.29, 1.82) is 0 Å². The molecule has 0 fully saturated rings. The number of nitrogens with zero attached hydrogens (tertiary/aromatic N) is 1. The Balaban J connectivity index is 5.32. The summed E-state index contributed by atoms with van der Waals surface area (Å²) in [5.74, 6) is -0.914. The number of aliphatic carboxylic acids is 1.